The topological polar surface area (TPSA) is 73.5 Å². The van der Waals surface area contributed by atoms with Crippen LogP contribution in [-0.4, -0.2) is 25.0 Å². The van der Waals surface area contributed by atoms with Gasteiger partial charge in [-0.1, -0.05) is 36.8 Å². The molecule has 0 unspecified atom stereocenters. The van der Waals surface area contributed by atoms with Crippen molar-refractivity contribution < 1.29 is 9.59 Å². The highest BCUT2D eigenvalue weighted by Crippen LogP contribution is 2.32. The molecule has 3 aromatic rings. The van der Waals surface area contributed by atoms with Crippen molar-refractivity contribution in [3.8, 4) is 0 Å². The van der Waals surface area contributed by atoms with Crippen molar-refractivity contribution in [3.05, 3.63) is 83.4 Å². The van der Waals surface area contributed by atoms with Crippen molar-refractivity contribution in [2.45, 2.75) is 33.1 Å². The van der Waals surface area contributed by atoms with Crippen molar-refractivity contribution in [2.75, 3.05) is 33.9 Å². The van der Waals surface area contributed by atoms with E-state index in [1.807, 2.05) is 61.5 Å². The first-order valence-electron chi connectivity index (χ1n) is 11.5. The average molecular weight is 443 g/mol. The molecule has 1 saturated heterocycles. The molecule has 0 spiro atoms. The fourth-order valence-electron chi connectivity index (χ4n) is 3.96. The van der Waals surface area contributed by atoms with E-state index in [-0.39, 0.29) is 11.9 Å². The van der Waals surface area contributed by atoms with Crippen LogP contribution in [0, 0.1) is 6.92 Å². The summed E-state index contributed by atoms with van der Waals surface area (Å²) in [6.45, 7) is 5.98. The summed E-state index contributed by atoms with van der Waals surface area (Å²) in [7, 11) is 0. The van der Waals surface area contributed by atoms with Gasteiger partial charge in [-0.2, -0.15) is 0 Å². The lowest BCUT2D eigenvalue weighted by Gasteiger charge is -2.22. The molecule has 1 aliphatic heterocycles. The third-order valence-corrected chi connectivity index (χ3v) is 5.88. The predicted molar refractivity (Wildman–Crippen MR) is 135 cm³/mol. The van der Waals surface area contributed by atoms with Crippen molar-refractivity contribution in [1.82, 2.24) is 0 Å². The van der Waals surface area contributed by atoms with Crippen LogP contribution in [0.2, 0.25) is 0 Å². The Hall–Kier alpha value is -3.80. The number of hydrogen-bond acceptors (Lipinski definition) is 3. The van der Waals surface area contributed by atoms with Crippen molar-refractivity contribution in [2.24, 2.45) is 0 Å². The Morgan fingerprint density at radius 2 is 1.48 bits per heavy atom. The maximum Gasteiger partial charge on any atom is 0.323 e. The van der Waals surface area contributed by atoms with Gasteiger partial charge in [0, 0.05) is 30.0 Å². The molecule has 170 valence electrons. The molecule has 6 nitrogen and oxygen atoms in total. The van der Waals surface area contributed by atoms with Gasteiger partial charge >= 0.3 is 6.03 Å². The van der Waals surface area contributed by atoms with Gasteiger partial charge in [-0.15, -0.1) is 0 Å². The van der Waals surface area contributed by atoms with Gasteiger partial charge in [0.1, 0.15) is 0 Å². The van der Waals surface area contributed by atoms with E-state index in [4.69, 9.17) is 0 Å². The smallest absolute Gasteiger partial charge is 0.323 e. The van der Waals surface area contributed by atoms with E-state index >= 15 is 0 Å². The van der Waals surface area contributed by atoms with Gasteiger partial charge in [0.15, 0.2) is 0 Å². The highest BCUT2D eigenvalue weighted by Gasteiger charge is 2.18. The lowest BCUT2D eigenvalue weighted by Crippen LogP contribution is -2.24. The van der Waals surface area contributed by atoms with Gasteiger partial charge in [-0.25, -0.2) is 4.79 Å². The van der Waals surface area contributed by atoms with Crippen LogP contribution < -0.4 is 20.9 Å². The highest BCUT2D eigenvalue weighted by atomic mass is 16.2. The first kappa shape index (κ1) is 22.4. The second-order valence-corrected chi connectivity index (χ2v) is 8.38. The second-order valence-electron chi connectivity index (χ2n) is 8.38. The van der Waals surface area contributed by atoms with Crippen LogP contribution in [0.25, 0.3) is 0 Å². The van der Waals surface area contributed by atoms with E-state index in [2.05, 4.69) is 27.8 Å². The molecule has 33 heavy (non-hydrogen) atoms. The van der Waals surface area contributed by atoms with E-state index < -0.39 is 0 Å². The predicted octanol–water partition coefficient (Wildman–Crippen LogP) is 6.05. The number of benzene rings is 3. The summed E-state index contributed by atoms with van der Waals surface area (Å²) in [6.07, 6.45) is 3.20. The summed E-state index contributed by atoms with van der Waals surface area (Å²) >= 11 is 0. The Bertz CT molecular complexity index is 1120. The zero-order valence-corrected chi connectivity index (χ0v) is 19.2. The molecule has 0 bridgehead atoms. The fraction of sp³-hybridized carbons (Fsp3) is 0.259. The number of amides is 3. The van der Waals surface area contributed by atoms with Crippen LogP contribution in [0.4, 0.5) is 27.5 Å². The molecule has 0 aliphatic carbocycles. The van der Waals surface area contributed by atoms with E-state index in [1.165, 1.54) is 5.56 Å². The van der Waals surface area contributed by atoms with Gasteiger partial charge in [-0.3, -0.25) is 4.79 Å². The second kappa shape index (κ2) is 10.2. The number of carbonyl (C=O) groups is 2. The molecule has 3 amide bonds. The minimum Gasteiger partial charge on any atom is -0.370 e. The molecule has 1 heterocycles. The summed E-state index contributed by atoms with van der Waals surface area (Å²) < 4.78 is 0. The Balaban J connectivity index is 1.52. The molecule has 0 radical (unpaired) electrons. The standard InChI is InChI=1S/C27H30N4O2/c1-3-20-8-12-22(13-9-20)29-27(33)30-24-18-23(14-15-25(24)31-16-4-5-17-31)28-26(32)21-10-6-19(2)7-11-21/h6-15,18H,3-5,16-17H2,1-2H3,(H,28,32)(H2,29,30,33). The van der Waals surface area contributed by atoms with Gasteiger partial charge in [0.2, 0.25) is 0 Å². The molecule has 0 saturated carbocycles. The minimum atomic E-state index is -0.318. The van der Waals surface area contributed by atoms with Gasteiger partial charge in [0.05, 0.1) is 11.4 Å². The lowest BCUT2D eigenvalue weighted by atomic mass is 10.1. The fourth-order valence-corrected chi connectivity index (χ4v) is 3.96. The van der Waals surface area contributed by atoms with Crippen molar-refractivity contribution in [1.29, 1.82) is 0 Å². The van der Waals surface area contributed by atoms with Crippen LogP contribution >= 0.6 is 0 Å². The number of anilines is 4. The van der Waals surface area contributed by atoms with Crippen LogP contribution in [0.3, 0.4) is 0 Å². The molecule has 1 fully saturated rings. The number of nitrogens with zero attached hydrogens (tertiary/aromatic N) is 1. The number of rotatable bonds is 6. The first-order chi connectivity index (χ1) is 16.0. The molecule has 0 atom stereocenters. The van der Waals surface area contributed by atoms with E-state index in [0.29, 0.717) is 16.9 Å². The van der Waals surface area contributed by atoms with Crippen LogP contribution in [0.15, 0.2) is 66.7 Å². The van der Waals surface area contributed by atoms with Crippen LogP contribution in [0.1, 0.15) is 41.3 Å². The maximum atomic E-state index is 12.8. The van der Waals surface area contributed by atoms with Crippen molar-refractivity contribution >= 4 is 34.7 Å². The summed E-state index contributed by atoms with van der Waals surface area (Å²) in [4.78, 5) is 27.7. The summed E-state index contributed by atoms with van der Waals surface area (Å²) in [5.41, 5.74) is 5.89. The quantitative estimate of drug-likeness (QED) is 0.435. The SMILES string of the molecule is CCc1ccc(NC(=O)Nc2cc(NC(=O)c3ccc(C)cc3)ccc2N2CCCC2)cc1. The third-order valence-electron chi connectivity index (χ3n) is 5.88. The van der Waals surface area contributed by atoms with Crippen LogP contribution in [0.5, 0.6) is 0 Å². The number of hydrogen-bond donors (Lipinski definition) is 3. The minimum absolute atomic E-state index is 0.185. The molecule has 6 heteroatoms. The van der Waals surface area contributed by atoms with Crippen LogP contribution in [-0.2, 0) is 6.42 Å². The molecule has 4 rings (SSSR count). The molecule has 3 N–H and O–H groups in total. The first-order valence-corrected chi connectivity index (χ1v) is 11.5. The number of carbonyl (C=O) groups excluding carboxylic acids is 2. The lowest BCUT2D eigenvalue weighted by molar-refractivity contribution is 0.102. The van der Waals surface area contributed by atoms with Gasteiger partial charge in [-0.05, 0) is 74.2 Å². The number of urea groups is 1. The van der Waals surface area contributed by atoms with Gasteiger partial charge < -0.3 is 20.9 Å². The van der Waals surface area contributed by atoms with E-state index in [0.717, 1.165) is 49.3 Å². The normalized spacial score (nSPS) is 13.0. The largest absolute Gasteiger partial charge is 0.370 e. The number of nitrogens with one attached hydrogen (secondary N) is 3. The molecule has 1 aliphatic rings. The molecular formula is C27H30N4O2. The Morgan fingerprint density at radius 3 is 2.15 bits per heavy atom. The van der Waals surface area contributed by atoms with E-state index in [9.17, 15) is 9.59 Å². The Labute approximate surface area is 195 Å². The van der Waals surface area contributed by atoms with Crippen molar-refractivity contribution in [3.63, 3.8) is 0 Å². The van der Waals surface area contributed by atoms with Gasteiger partial charge in [0.25, 0.3) is 5.91 Å². The number of aryl methyl sites for hydroxylation is 2. The molecular weight excluding hydrogens is 412 g/mol. The zero-order chi connectivity index (χ0) is 23.2. The Kier molecular flexibility index (Phi) is 6.93. The third kappa shape index (κ3) is 5.71. The monoisotopic (exact) mass is 442 g/mol. The maximum absolute atomic E-state index is 12.8. The average Bonchev–Trinajstić information content (AvgIpc) is 3.35. The zero-order valence-electron chi connectivity index (χ0n) is 19.2. The molecule has 3 aromatic carbocycles. The highest BCUT2D eigenvalue weighted by molar-refractivity contribution is 6.06. The summed E-state index contributed by atoms with van der Waals surface area (Å²) in [6, 6.07) is 20.6. The summed E-state index contributed by atoms with van der Waals surface area (Å²) in [5.74, 6) is -0.185. The van der Waals surface area contributed by atoms with E-state index in [1.54, 1.807) is 12.1 Å². The summed E-state index contributed by atoms with van der Waals surface area (Å²) in [5, 5.41) is 8.82. The Morgan fingerprint density at radius 1 is 0.818 bits per heavy atom. The molecule has 0 aromatic heterocycles.